The first-order valence-electron chi connectivity index (χ1n) is 11.9. The van der Waals surface area contributed by atoms with Crippen molar-refractivity contribution < 1.29 is 14.9 Å². The number of anilines is 1. The van der Waals surface area contributed by atoms with Crippen LogP contribution in [0, 0.1) is 0 Å². The molecule has 0 spiro atoms. The predicted octanol–water partition coefficient (Wildman–Crippen LogP) is 4.85. The van der Waals surface area contributed by atoms with Gasteiger partial charge in [-0.15, -0.1) is 0 Å². The summed E-state index contributed by atoms with van der Waals surface area (Å²) in [5, 5.41) is 27.5. The standard InChI is InChI=1S/C28H34N4O3/c1-28(2,14-15-32-19-30-23-6-4-5-7-26(23)32)31-25(18-33)21-10-13-27(34)24(16-21)29-17-20-8-11-22(35-3)12-9-20/h4-13,16,19,25,29,31,33-34H,14-15,17-18H2,1-3H3. The fourth-order valence-electron chi connectivity index (χ4n) is 4.22. The summed E-state index contributed by atoms with van der Waals surface area (Å²) >= 11 is 0. The Bertz CT molecular complexity index is 1250. The summed E-state index contributed by atoms with van der Waals surface area (Å²) in [5.74, 6) is 0.976. The maximum absolute atomic E-state index is 10.4. The largest absolute Gasteiger partial charge is 0.506 e. The molecule has 4 aromatic rings. The van der Waals surface area contributed by atoms with E-state index in [1.807, 2.05) is 60.9 Å². The van der Waals surface area contributed by atoms with Gasteiger partial charge in [-0.1, -0.05) is 30.3 Å². The van der Waals surface area contributed by atoms with Crippen molar-refractivity contribution >= 4 is 16.7 Å². The zero-order valence-electron chi connectivity index (χ0n) is 20.5. The highest BCUT2D eigenvalue weighted by Crippen LogP contribution is 2.29. The summed E-state index contributed by atoms with van der Waals surface area (Å²) in [6.45, 7) is 5.58. The lowest BCUT2D eigenvalue weighted by atomic mass is 9.96. The molecule has 0 amide bonds. The molecule has 3 aromatic carbocycles. The smallest absolute Gasteiger partial charge is 0.138 e. The number of imidazole rings is 1. The number of aliphatic hydroxyl groups excluding tert-OH is 1. The second kappa shape index (κ2) is 10.8. The van der Waals surface area contributed by atoms with Crippen molar-refractivity contribution in [3.8, 4) is 11.5 Å². The number of para-hydroxylation sites is 2. The van der Waals surface area contributed by atoms with Crippen molar-refractivity contribution in [2.75, 3.05) is 19.0 Å². The fourth-order valence-corrected chi connectivity index (χ4v) is 4.22. The monoisotopic (exact) mass is 474 g/mol. The van der Waals surface area contributed by atoms with Gasteiger partial charge in [-0.25, -0.2) is 4.98 Å². The highest BCUT2D eigenvalue weighted by molar-refractivity contribution is 5.74. The molecule has 4 rings (SSSR count). The summed E-state index contributed by atoms with van der Waals surface area (Å²) in [6, 6.07) is 21.0. The molecule has 0 bridgehead atoms. The summed E-state index contributed by atoms with van der Waals surface area (Å²) < 4.78 is 7.37. The average Bonchev–Trinajstić information content (AvgIpc) is 3.29. The number of hydrogen-bond donors (Lipinski definition) is 4. The number of phenolic OH excluding ortho intramolecular Hbond substituents is 1. The molecule has 35 heavy (non-hydrogen) atoms. The van der Waals surface area contributed by atoms with Crippen LogP contribution in [-0.2, 0) is 13.1 Å². The third kappa shape index (κ3) is 6.12. The molecule has 0 aliphatic rings. The molecule has 0 fully saturated rings. The van der Waals surface area contributed by atoms with Crippen molar-refractivity contribution in [1.29, 1.82) is 0 Å². The molecular formula is C28H34N4O3. The number of aliphatic hydroxyl groups is 1. The lowest BCUT2D eigenvalue weighted by Gasteiger charge is -2.32. The van der Waals surface area contributed by atoms with E-state index in [9.17, 15) is 10.2 Å². The van der Waals surface area contributed by atoms with E-state index >= 15 is 0 Å². The third-order valence-electron chi connectivity index (χ3n) is 6.32. The van der Waals surface area contributed by atoms with Crippen LogP contribution in [0.5, 0.6) is 11.5 Å². The van der Waals surface area contributed by atoms with Gasteiger partial charge in [0.1, 0.15) is 11.5 Å². The normalized spacial score (nSPS) is 12.6. The molecule has 0 saturated heterocycles. The quantitative estimate of drug-likeness (QED) is 0.232. The van der Waals surface area contributed by atoms with Crippen LogP contribution < -0.4 is 15.4 Å². The number of ether oxygens (including phenoxy) is 1. The van der Waals surface area contributed by atoms with Gasteiger partial charge in [0.2, 0.25) is 0 Å². The minimum absolute atomic E-state index is 0.0554. The van der Waals surface area contributed by atoms with Crippen molar-refractivity contribution in [2.45, 2.75) is 44.9 Å². The number of phenols is 1. The number of aryl methyl sites for hydroxylation is 1. The van der Waals surface area contributed by atoms with E-state index < -0.39 is 0 Å². The van der Waals surface area contributed by atoms with Crippen molar-refractivity contribution in [3.05, 3.63) is 84.2 Å². The van der Waals surface area contributed by atoms with E-state index in [1.54, 1.807) is 13.2 Å². The first kappa shape index (κ1) is 24.6. The fraction of sp³-hybridized carbons (Fsp3) is 0.321. The Morgan fingerprint density at radius 2 is 1.83 bits per heavy atom. The molecule has 1 aromatic heterocycles. The van der Waals surface area contributed by atoms with Gasteiger partial charge < -0.3 is 30.2 Å². The number of benzene rings is 3. The average molecular weight is 475 g/mol. The lowest BCUT2D eigenvalue weighted by Crippen LogP contribution is -2.43. The summed E-state index contributed by atoms with van der Waals surface area (Å²) in [4.78, 5) is 4.48. The van der Waals surface area contributed by atoms with Gasteiger partial charge >= 0.3 is 0 Å². The van der Waals surface area contributed by atoms with Gasteiger partial charge in [-0.05, 0) is 67.8 Å². The van der Waals surface area contributed by atoms with Crippen molar-refractivity contribution in [3.63, 3.8) is 0 Å². The molecule has 0 aliphatic carbocycles. The van der Waals surface area contributed by atoms with Crippen LogP contribution in [0.2, 0.25) is 0 Å². The molecule has 0 radical (unpaired) electrons. The molecule has 7 heteroatoms. The first-order chi connectivity index (χ1) is 16.9. The van der Waals surface area contributed by atoms with Crippen LogP contribution in [0.3, 0.4) is 0 Å². The van der Waals surface area contributed by atoms with Crippen LogP contribution in [0.25, 0.3) is 11.0 Å². The van der Waals surface area contributed by atoms with E-state index in [1.165, 1.54) is 0 Å². The number of methoxy groups -OCH3 is 1. The van der Waals surface area contributed by atoms with Crippen molar-refractivity contribution in [2.24, 2.45) is 0 Å². The van der Waals surface area contributed by atoms with E-state index in [-0.39, 0.29) is 23.9 Å². The number of aromatic nitrogens is 2. The molecule has 1 atom stereocenters. The molecule has 184 valence electrons. The minimum atomic E-state index is -0.272. The number of hydrogen-bond acceptors (Lipinski definition) is 6. The molecular weight excluding hydrogens is 440 g/mol. The Labute approximate surface area is 206 Å². The SMILES string of the molecule is COc1ccc(CNc2cc(C(CO)NC(C)(C)CCn3cnc4ccccc43)ccc2O)cc1. The number of fused-ring (bicyclic) bond motifs is 1. The van der Waals surface area contributed by atoms with E-state index in [4.69, 9.17) is 4.74 Å². The van der Waals surface area contributed by atoms with Gasteiger partial charge in [0.15, 0.2) is 0 Å². The highest BCUT2D eigenvalue weighted by atomic mass is 16.5. The number of nitrogens with zero attached hydrogens (tertiary/aromatic N) is 2. The zero-order valence-corrected chi connectivity index (χ0v) is 20.5. The van der Waals surface area contributed by atoms with Crippen LogP contribution >= 0.6 is 0 Å². The van der Waals surface area contributed by atoms with Gasteiger partial charge in [-0.2, -0.15) is 0 Å². The van der Waals surface area contributed by atoms with E-state index in [0.717, 1.165) is 40.9 Å². The topological polar surface area (TPSA) is 91.6 Å². The number of nitrogens with one attached hydrogen (secondary N) is 2. The van der Waals surface area contributed by atoms with E-state index in [0.29, 0.717) is 12.2 Å². The zero-order chi connectivity index (χ0) is 24.8. The molecule has 0 aliphatic heterocycles. The Morgan fingerprint density at radius 3 is 2.57 bits per heavy atom. The highest BCUT2D eigenvalue weighted by Gasteiger charge is 2.24. The Balaban J connectivity index is 1.41. The minimum Gasteiger partial charge on any atom is -0.506 e. The van der Waals surface area contributed by atoms with Gasteiger partial charge in [0.25, 0.3) is 0 Å². The second-order valence-electron chi connectivity index (χ2n) is 9.42. The molecule has 1 heterocycles. The Morgan fingerprint density at radius 1 is 1.06 bits per heavy atom. The van der Waals surface area contributed by atoms with Crippen LogP contribution in [0.4, 0.5) is 5.69 Å². The number of aromatic hydroxyl groups is 1. The van der Waals surface area contributed by atoms with Crippen LogP contribution in [0.1, 0.15) is 37.4 Å². The summed E-state index contributed by atoms with van der Waals surface area (Å²) in [5.41, 5.74) is 4.47. The first-order valence-corrected chi connectivity index (χ1v) is 11.9. The molecule has 4 N–H and O–H groups in total. The van der Waals surface area contributed by atoms with Crippen LogP contribution in [0.15, 0.2) is 73.1 Å². The Kier molecular flexibility index (Phi) is 7.58. The molecule has 0 saturated carbocycles. The summed E-state index contributed by atoms with van der Waals surface area (Å²) in [7, 11) is 1.64. The van der Waals surface area contributed by atoms with Crippen molar-refractivity contribution in [1.82, 2.24) is 14.9 Å². The van der Waals surface area contributed by atoms with E-state index in [2.05, 4.69) is 40.1 Å². The Hall–Kier alpha value is -3.55. The third-order valence-corrected chi connectivity index (χ3v) is 6.32. The van der Waals surface area contributed by atoms with Crippen LogP contribution in [-0.4, -0.2) is 39.0 Å². The lowest BCUT2D eigenvalue weighted by molar-refractivity contribution is 0.203. The van der Waals surface area contributed by atoms with Gasteiger partial charge in [0.05, 0.1) is 42.8 Å². The second-order valence-corrected chi connectivity index (χ2v) is 9.42. The maximum Gasteiger partial charge on any atom is 0.138 e. The van der Waals surface area contributed by atoms with Gasteiger partial charge in [-0.3, -0.25) is 0 Å². The maximum atomic E-state index is 10.4. The predicted molar refractivity (Wildman–Crippen MR) is 140 cm³/mol. The molecule has 1 unspecified atom stereocenters. The molecule has 7 nitrogen and oxygen atoms in total. The summed E-state index contributed by atoms with van der Waals surface area (Å²) in [6.07, 6.45) is 2.73. The van der Waals surface area contributed by atoms with Gasteiger partial charge in [0, 0.05) is 18.6 Å². The number of rotatable bonds is 11.